The fraction of sp³-hybridized carbons (Fsp3) is 0.400. The highest BCUT2D eigenvalue weighted by Crippen LogP contribution is 2.22. The summed E-state index contributed by atoms with van der Waals surface area (Å²) in [5, 5.41) is 0. The summed E-state index contributed by atoms with van der Waals surface area (Å²) in [6.07, 6.45) is 0. The molecule has 1 aliphatic heterocycles. The van der Waals surface area contributed by atoms with E-state index in [1.54, 1.807) is 0 Å². The molecule has 0 aliphatic carbocycles. The molecule has 0 amide bonds. The van der Waals surface area contributed by atoms with E-state index < -0.39 is 0 Å². The third-order valence-corrected chi connectivity index (χ3v) is 4.89. The van der Waals surface area contributed by atoms with Crippen LogP contribution < -0.4 is 0 Å². The van der Waals surface area contributed by atoms with Crippen molar-refractivity contribution < 1.29 is 0 Å². The lowest BCUT2D eigenvalue weighted by Crippen LogP contribution is -2.46. The predicted octanol–water partition coefficient (Wildman–Crippen LogP) is 3.87. The fourth-order valence-electron chi connectivity index (χ4n) is 3.28. The molecule has 22 heavy (non-hydrogen) atoms. The van der Waals surface area contributed by atoms with E-state index in [2.05, 4.69) is 78.2 Å². The Morgan fingerprint density at radius 2 is 1.50 bits per heavy atom. The molecule has 0 saturated carbocycles. The van der Waals surface area contributed by atoms with Crippen molar-refractivity contribution in [3.63, 3.8) is 0 Å². The topological polar surface area (TPSA) is 6.48 Å². The van der Waals surface area contributed by atoms with Gasteiger partial charge in [-0.2, -0.15) is 0 Å². The molecule has 2 aromatic rings. The number of aryl methyl sites for hydroxylation is 1. The maximum atomic E-state index is 2.60. The third-order valence-electron chi connectivity index (χ3n) is 4.89. The van der Waals surface area contributed by atoms with E-state index in [-0.39, 0.29) is 0 Å². The van der Waals surface area contributed by atoms with Gasteiger partial charge >= 0.3 is 0 Å². The Hall–Kier alpha value is -1.64. The first-order valence-electron chi connectivity index (χ1n) is 8.30. The monoisotopic (exact) mass is 294 g/mol. The Morgan fingerprint density at radius 3 is 2.18 bits per heavy atom. The second-order valence-corrected chi connectivity index (χ2v) is 6.33. The Balaban J connectivity index is 1.55. The Kier molecular flexibility index (Phi) is 4.91. The standard InChI is InChI=1S/C20H26N2/c1-17-8-6-7-11-20(17)16-21-12-14-22(15-13-21)18(2)19-9-4-3-5-10-19/h3-11,18H,12-16H2,1-2H3. The highest BCUT2D eigenvalue weighted by atomic mass is 15.3. The quantitative estimate of drug-likeness (QED) is 0.844. The summed E-state index contributed by atoms with van der Waals surface area (Å²) in [6, 6.07) is 20.1. The minimum Gasteiger partial charge on any atom is -0.297 e. The molecule has 0 N–H and O–H groups in total. The molecule has 2 nitrogen and oxygen atoms in total. The van der Waals surface area contributed by atoms with E-state index in [0.29, 0.717) is 6.04 Å². The molecule has 1 atom stereocenters. The third kappa shape index (κ3) is 3.57. The van der Waals surface area contributed by atoms with Crippen LogP contribution in [-0.4, -0.2) is 36.0 Å². The average molecular weight is 294 g/mol. The first-order valence-corrected chi connectivity index (χ1v) is 8.30. The van der Waals surface area contributed by atoms with Gasteiger partial charge in [-0.1, -0.05) is 54.6 Å². The van der Waals surface area contributed by atoms with Crippen molar-refractivity contribution in [3.8, 4) is 0 Å². The summed E-state index contributed by atoms with van der Waals surface area (Å²) in [5.74, 6) is 0. The van der Waals surface area contributed by atoms with Crippen LogP contribution in [0.4, 0.5) is 0 Å². The molecule has 3 rings (SSSR count). The zero-order valence-electron chi connectivity index (χ0n) is 13.7. The molecular weight excluding hydrogens is 268 g/mol. The maximum absolute atomic E-state index is 2.60. The van der Waals surface area contributed by atoms with Crippen LogP contribution >= 0.6 is 0 Å². The van der Waals surface area contributed by atoms with E-state index in [0.717, 1.165) is 32.7 Å². The molecule has 0 spiro atoms. The van der Waals surface area contributed by atoms with Crippen molar-refractivity contribution in [2.24, 2.45) is 0 Å². The summed E-state index contributed by atoms with van der Waals surface area (Å²) in [4.78, 5) is 5.18. The minimum absolute atomic E-state index is 0.516. The van der Waals surface area contributed by atoms with E-state index in [9.17, 15) is 0 Å². The second-order valence-electron chi connectivity index (χ2n) is 6.33. The number of piperazine rings is 1. The molecule has 0 radical (unpaired) electrons. The van der Waals surface area contributed by atoms with Gasteiger partial charge in [-0.25, -0.2) is 0 Å². The van der Waals surface area contributed by atoms with Crippen molar-refractivity contribution in [1.29, 1.82) is 0 Å². The molecule has 1 fully saturated rings. The van der Waals surface area contributed by atoms with Crippen molar-refractivity contribution in [1.82, 2.24) is 9.80 Å². The molecule has 0 bridgehead atoms. The van der Waals surface area contributed by atoms with Crippen molar-refractivity contribution in [2.75, 3.05) is 26.2 Å². The van der Waals surface area contributed by atoms with E-state index in [1.807, 2.05) is 0 Å². The zero-order chi connectivity index (χ0) is 15.4. The van der Waals surface area contributed by atoms with Crippen LogP contribution in [0.1, 0.15) is 29.7 Å². The summed E-state index contributed by atoms with van der Waals surface area (Å²) < 4.78 is 0. The molecule has 1 aliphatic rings. The molecule has 1 saturated heterocycles. The SMILES string of the molecule is Cc1ccccc1CN1CCN(C(C)c2ccccc2)CC1. The van der Waals surface area contributed by atoms with Crippen LogP contribution in [0.3, 0.4) is 0 Å². The number of rotatable bonds is 4. The molecule has 0 aromatic heterocycles. The predicted molar refractivity (Wildman–Crippen MR) is 92.9 cm³/mol. The van der Waals surface area contributed by atoms with Gasteiger partial charge in [0.1, 0.15) is 0 Å². The normalized spacial score (nSPS) is 18.3. The first-order chi connectivity index (χ1) is 10.7. The Labute approximate surface area is 134 Å². The summed E-state index contributed by atoms with van der Waals surface area (Å²) >= 11 is 0. The minimum atomic E-state index is 0.516. The highest BCUT2D eigenvalue weighted by Gasteiger charge is 2.22. The summed E-state index contributed by atoms with van der Waals surface area (Å²) in [5.41, 5.74) is 4.30. The van der Waals surface area contributed by atoms with E-state index >= 15 is 0 Å². The second kappa shape index (κ2) is 7.08. The number of benzene rings is 2. The van der Waals surface area contributed by atoms with Crippen LogP contribution in [0, 0.1) is 6.92 Å². The fourth-order valence-corrected chi connectivity index (χ4v) is 3.28. The first kappa shape index (κ1) is 15.3. The van der Waals surface area contributed by atoms with Gasteiger partial charge in [-0.05, 0) is 30.5 Å². The van der Waals surface area contributed by atoms with Gasteiger partial charge in [-0.15, -0.1) is 0 Å². The number of nitrogens with zero attached hydrogens (tertiary/aromatic N) is 2. The Morgan fingerprint density at radius 1 is 0.864 bits per heavy atom. The molecule has 1 unspecified atom stereocenters. The molecular formula is C20H26N2. The van der Waals surface area contributed by atoms with Crippen LogP contribution in [0.2, 0.25) is 0 Å². The van der Waals surface area contributed by atoms with Crippen molar-refractivity contribution in [2.45, 2.75) is 26.4 Å². The molecule has 2 heteroatoms. The van der Waals surface area contributed by atoms with Gasteiger partial charge in [0.15, 0.2) is 0 Å². The van der Waals surface area contributed by atoms with Crippen molar-refractivity contribution >= 4 is 0 Å². The Bertz CT molecular complexity index is 586. The maximum Gasteiger partial charge on any atom is 0.0320 e. The van der Waals surface area contributed by atoms with E-state index in [4.69, 9.17) is 0 Å². The van der Waals surface area contributed by atoms with Gasteiger partial charge in [-0.3, -0.25) is 9.80 Å². The van der Waals surface area contributed by atoms with Crippen LogP contribution in [0.15, 0.2) is 54.6 Å². The van der Waals surface area contributed by atoms with Gasteiger partial charge in [0.05, 0.1) is 0 Å². The average Bonchev–Trinajstić information content (AvgIpc) is 2.58. The lowest BCUT2D eigenvalue weighted by molar-refractivity contribution is 0.0977. The summed E-state index contributed by atoms with van der Waals surface area (Å²) in [7, 11) is 0. The molecule has 2 aromatic carbocycles. The largest absolute Gasteiger partial charge is 0.297 e. The summed E-state index contributed by atoms with van der Waals surface area (Å²) in [6.45, 7) is 10.2. The van der Waals surface area contributed by atoms with E-state index in [1.165, 1.54) is 16.7 Å². The van der Waals surface area contributed by atoms with Crippen LogP contribution in [0.5, 0.6) is 0 Å². The lowest BCUT2D eigenvalue weighted by Gasteiger charge is -2.38. The van der Waals surface area contributed by atoms with Gasteiger partial charge in [0.25, 0.3) is 0 Å². The smallest absolute Gasteiger partial charge is 0.0320 e. The zero-order valence-corrected chi connectivity index (χ0v) is 13.7. The molecule has 1 heterocycles. The van der Waals surface area contributed by atoms with Crippen LogP contribution in [-0.2, 0) is 6.54 Å². The lowest BCUT2D eigenvalue weighted by atomic mass is 10.1. The number of hydrogen-bond donors (Lipinski definition) is 0. The van der Waals surface area contributed by atoms with Gasteiger partial charge in [0.2, 0.25) is 0 Å². The van der Waals surface area contributed by atoms with Gasteiger partial charge < -0.3 is 0 Å². The number of hydrogen-bond acceptors (Lipinski definition) is 2. The van der Waals surface area contributed by atoms with Crippen LogP contribution in [0.25, 0.3) is 0 Å². The van der Waals surface area contributed by atoms with Gasteiger partial charge in [0, 0.05) is 38.8 Å². The highest BCUT2D eigenvalue weighted by molar-refractivity contribution is 5.25. The van der Waals surface area contributed by atoms with Crippen molar-refractivity contribution in [3.05, 3.63) is 71.3 Å². The molecule has 116 valence electrons.